The van der Waals surface area contributed by atoms with E-state index in [0.29, 0.717) is 30.3 Å². The molecule has 26 heavy (non-hydrogen) atoms. The molecule has 130 valence electrons. The van der Waals surface area contributed by atoms with Gasteiger partial charge in [0.15, 0.2) is 5.65 Å². The first-order chi connectivity index (χ1) is 12.8. The van der Waals surface area contributed by atoms with Crippen molar-refractivity contribution in [2.24, 2.45) is 0 Å². The molecule has 0 radical (unpaired) electrons. The molecule has 0 aliphatic carbocycles. The van der Waals surface area contributed by atoms with Crippen LogP contribution >= 0.6 is 0 Å². The summed E-state index contributed by atoms with van der Waals surface area (Å²) in [6.07, 6.45) is 4.69. The van der Waals surface area contributed by atoms with E-state index in [1.165, 1.54) is 12.1 Å². The van der Waals surface area contributed by atoms with Gasteiger partial charge in [-0.2, -0.15) is 4.98 Å². The van der Waals surface area contributed by atoms with Crippen LogP contribution in [0.25, 0.3) is 22.6 Å². The van der Waals surface area contributed by atoms with Crippen LogP contribution in [-0.2, 0) is 6.42 Å². The van der Waals surface area contributed by atoms with Gasteiger partial charge in [-0.25, -0.2) is 14.4 Å². The van der Waals surface area contributed by atoms with E-state index in [-0.39, 0.29) is 5.82 Å². The van der Waals surface area contributed by atoms with Crippen molar-refractivity contribution in [1.29, 1.82) is 0 Å². The van der Waals surface area contributed by atoms with Crippen LogP contribution in [0.2, 0.25) is 0 Å². The average molecular weight is 350 g/mol. The van der Waals surface area contributed by atoms with Crippen LogP contribution in [0.3, 0.4) is 0 Å². The van der Waals surface area contributed by atoms with E-state index in [4.69, 9.17) is 4.52 Å². The summed E-state index contributed by atoms with van der Waals surface area (Å²) in [7, 11) is 0. The van der Waals surface area contributed by atoms with Crippen molar-refractivity contribution < 1.29 is 8.91 Å². The highest BCUT2D eigenvalue weighted by Crippen LogP contribution is 2.16. The number of nitrogens with zero attached hydrogens (tertiary/aromatic N) is 5. The van der Waals surface area contributed by atoms with Gasteiger partial charge in [0, 0.05) is 30.9 Å². The molecule has 0 fully saturated rings. The van der Waals surface area contributed by atoms with E-state index >= 15 is 0 Å². The van der Waals surface area contributed by atoms with Crippen LogP contribution in [0.5, 0.6) is 0 Å². The summed E-state index contributed by atoms with van der Waals surface area (Å²) in [4.78, 5) is 17.1. The van der Waals surface area contributed by atoms with Crippen molar-refractivity contribution in [1.82, 2.24) is 25.1 Å². The first-order valence-electron chi connectivity index (χ1n) is 8.18. The molecule has 1 N–H and O–H groups in total. The van der Waals surface area contributed by atoms with Crippen LogP contribution < -0.4 is 5.32 Å². The molecule has 7 nitrogen and oxygen atoms in total. The highest BCUT2D eigenvalue weighted by atomic mass is 19.1. The molecular formula is C18H15FN6O. The van der Waals surface area contributed by atoms with Gasteiger partial charge >= 0.3 is 0 Å². The Morgan fingerprint density at radius 2 is 1.81 bits per heavy atom. The molecule has 0 saturated heterocycles. The zero-order chi connectivity index (χ0) is 17.8. The van der Waals surface area contributed by atoms with Gasteiger partial charge in [-0.3, -0.25) is 4.98 Å². The maximum absolute atomic E-state index is 13.0. The lowest BCUT2D eigenvalue weighted by Gasteiger charge is -2.04. The summed E-state index contributed by atoms with van der Waals surface area (Å²) in [5, 5.41) is 7.17. The Morgan fingerprint density at radius 1 is 0.962 bits per heavy atom. The average Bonchev–Trinajstić information content (AvgIpc) is 3.15. The quantitative estimate of drug-likeness (QED) is 0.534. The molecule has 3 aromatic heterocycles. The largest absolute Gasteiger partial charge is 0.370 e. The molecular weight excluding hydrogens is 335 g/mol. The van der Waals surface area contributed by atoms with Gasteiger partial charge in [-0.15, -0.1) is 0 Å². The third kappa shape index (κ3) is 3.64. The molecule has 8 heteroatoms. The number of anilines is 1. The summed E-state index contributed by atoms with van der Waals surface area (Å²) in [6, 6.07) is 9.74. The van der Waals surface area contributed by atoms with Crippen LogP contribution in [0, 0.1) is 5.82 Å². The minimum atomic E-state index is -0.295. The van der Waals surface area contributed by atoms with Gasteiger partial charge in [0.2, 0.25) is 11.7 Å². The Bertz CT molecular complexity index is 1020. The highest BCUT2D eigenvalue weighted by Gasteiger charge is 2.08. The van der Waals surface area contributed by atoms with E-state index in [0.717, 1.165) is 23.3 Å². The Morgan fingerprint density at radius 3 is 2.69 bits per heavy atom. The molecule has 0 unspecified atom stereocenters. The van der Waals surface area contributed by atoms with E-state index < -0.39 is 0 Å². The van der Waals surface area contributed by atoms with Gasteiger partial charge in [0.25, 0.3) is 0 Å². The van der Waals surface area contributed by atoms with Crippen LogP contribution in [0.15, 0.2) is 53.3 Å². The first kappa shape index (κ1) is 16.1. The maximum atomic E-state index is 13.0. The van der Waals surface area contributed by atoms with E-state index in [1.54, 1.807) is 24.5 Å². The molecule has 4 aromatic rings. The van der Waals surface area contributed by atoms with E-state index in [2.05, 4.69) is 30.4 Å². The Hall–Kier alpha value is -3.42. The monoisotopic (exact) mass is 350 g/mol. The predicted molar refractivity (Wildman–Crippen MR) is 93.8 cm³/mol. The summed E-state index contributed by atoms with van der Waals surface area (Å²) >= 11 is 0. The van der Waals surface area contributed by atoms with Gasteiger partial charge in [0.1, 0.15) is 17.2 Å². The first-order valence-corrected chi connectivity index (χ1v) is 8.18. The number of benzene rings is 1. The fraction of sp³-hybridized carbons (Fsp3) is 0.167. The Balaban J connectivity index is 1.31. The minimum Gasteiger partial charge on any atom is -0.370 e. The van der Waals surface area contributed by atoms with Crippen LogP contribution in [-0.4, -0.2) is 31.6 Å². The molecule has 0 bridgehead atoms. The van der Waals surface area contributed by atoms with Crippen molar-refractivity contribution >= 4 is 17.0 Å². The number of aromatic nitrogens is 5. The second kappa shape index (κ2) is 7.22. The lowest BCUT2D eigenvalue weighted by Crippen LogP contribution is -2.05. The van der Waals surface area contributed by atoms with Crippen molar-refractivity contribution in [2.75, 3.05) is 11.9 Å². The number of pyridine rings is 1. The minimum absolute atomic E-state index is 0.295. The number of nitrogens with one attached hydrogen (secondary N) is 1. The van der Waals surface area contributed by atoms with Crippen molar-refractivity contribution in [3.8, 4) is 11.4 Å². The molecule has 1 aromatic carbocycles. The lowest BCUT2D eigenvalue weighted by molar-refractivity contribution is 0.377. The van der Waals surface area contributed by atoms with E-state index in [9.17, 15) is 4.39 Å². The number of fused-ring (bicyclic) bond motifs is 1. The normalized spacial score (nSPS) is 11.0. The van der Waals surface area contributed by atoms with Crippen LogP contribution in [0.1, 0.15) is 12.3 Å². The maximum Gasteiger partial charge on any atom is 0.227 e. The number of hydrogen-bond donors (Lipinski definition) is 1. The van der Waals surface area contributed by atoms with E-state index in [1.807, 2.05) is 12.1 Å². The molecule has 0 atom stereocenters. The standard InChI is InChI=1S/C18H15FN6O/c19-13-5-3-12(4-6-13)17-24-16(26-25-17)2-1-9-21-15-8-7-14-18(23-15)22-11-10-20-14/h3-8,10-11H,1-2,9H2,(H,21,22,23). The fourth-order valence-corrected chi connectivity index (χ4v) is 2.48. The second-order valence-corrected chi connectivity index (χ2v) is 5.64. The molecule has 4 rings (SSSR count). The highest BCUT2D eigenvalue weighted by molar-refractivity contribution is 5.71. The predicted octanol–water partition coefficient (Wildman–Crippen LogP) is 3.26. The molecule has 0 saturated carbocycles. The lowest BCUT2D eigenvalue weighted by atomic mass is 10.2. The smallest absolute Gasteiger partial charge is 0.227 e. The number of halogens is 1. The third-order valence-corrected chi connectivity index (χ3v) is 3.78. The summed E-state index contributed by atoms with van der Waals surface area (Å²) in [5.74, 6) is 1.46. The number of rotatable bonds is 6. The Kier molecular flexibility index (Phi) is 4.46. The molecule has 0 aliphatic heterocycles. The molecule has 0 spiro atoms. The van der Waals surface area contributed by atoms with Gasteiger partial charge < -0.3 is 9.84 Å². The third-order valence-electron chi connectivity index (χ3n) is 3.78. The fourth-order valence-electron chi connectivity index (χ4n) is 2.48. The number of aryl methyl sites for hydroxylation is 1. The summed E-state index contributed by atoms with van der Waals surface area (Å²) in [6.45, 7) is 0.701. The molecule has 0 amide bonds. The zero-order valence-electron chi connectivity index (χ0n) is 13.8. The van der Waals surface area contributed by atoms with Gasteiger partial charge in [-0.1, -0.05) is 5.16 Å². The SMILES string of the molecule is Fc1ccc(-c2noc(CCCNc3ccc4nccnc4n3)n2)cc1. The molecule has 3 heterocycles. The van der Waals surface area contributed by atoms with Gasteiger partial charge in [0.05, 0.1) is 0 Å². The Labute approximate surface area is 148 Å². The number of hydrogen-bond acceptors (Lipinski definition) is 7. The molecule has 0 aliphatic rings. The summed E-state index contributed by atoms with van der Waals surface area (Å²) in [5.41, 5.74) is 2.09. The van der Waals surface area contributed by atoms with Crippen molar-refractivity contribution in [3.63, 3.8) is 0 Å². The van der Waals surface area contributed by atoms with Crippen molar-refractivity contribution in [2.45, 2.75) is 12.8 Å². The second-order valence-electron chi connectivity index (χ2n) is 5.64. The topological polar surface area (TPSA) is 89.6 Å². The zero-order valence-corrected chi connectivity index (χ0v) is 13.8. The van der Waals surface area contributed by atoms with Crippen LogP contribution in [0.4, 0.5) is 10.2 Å². The van der Waals surface area contributed by atoms with Crippen molar-refractivity contribution in [3.05, 3.63) is 60.5 Å². The summed E-state index contributed by atoms with van der Waals surface area (Å²) < 4.78 is 18.2. The van der Waals surface area contributed by atoms with Gasteiger partial charge in [-0.05, 0) is 42.8 Å².